The normalized spacial score (nSPS) is 12.7. The summed E-state index contributed by atoms with van der Waals surface area (Å²) in [4.78, 5) is 12.6. The van der Waals surface area contributed by atoms with Crippen molar-refractivity contribution in [1.29, 1.82) is 0 Å². The molecule has 0 aromatic heterocycles. The van der Waals surface area contributed by atoms with Gasteiger partial charge < -0.3 is 11.1 Å². The van der Waals surface area contributed by atoms with Crippen molar-refractivity contribution in [3.05, 3.63) is 63.2 Å². The lowest BCUT2D eigenvalue weighted by molar-refractivity contribution is -0.348. The maximum absolute atomic E-state index is 14.4. The molecule has 2 aromatic carbocycles. The minimum atomic E-state index is -6.23. The molecular formula is C20H18ClF7N2O. The maximum atomic E-state index is 14.4. The van der Waals surface area contributed by atoms with Gasteiger partial charge in [0.15, 0.2) is 0 Å². The van der Waals surface area contributed by atoms with Gasteiger partial charge in [0, 0.05) is 28.4 Å². The van der Waals surface area contributed by atoms with Gasteiger partial charge in [-0.15, -0.1) is 0 Å². The Bertz CT molecular complexity index is 973. The lowest BCUT2D eigenvalue weighted by atomic mass is 9.89. The standard InChI is InChI=1S/C20H18ClF7N2O/c1-3-11-7-14(18(22,19(23,24)25)20(26,27)28)6-10(2)16(11)30-17(31)12-4-5-13(9-29)15(21)8-12/h4-8H,3,9,29H2,1-2H3,(H,30,31). The first-order valence-corrected chi connectivity index (χ1v) is 9.31. The highest BCUT2D eigenvalue weighted by atomic mass is 35.5. The third-order valence-electron chi connectivity index (χ3n) is 4.75. The van der Waals surface area contributed by atoms with Crippen LogP contribution in [0.3, 0.4) is 0 Å². The Morgan fingerprint density at radius 3 is 2.03 bits per heavy atom. The average molecular weight is 471 g/mol. The quantitative estimate of drug-likeness (QED) is 0.510. The van der Waals surface area contributed by atoms with E-state index in [2.05, 4.69) is 5.32 Å². The summed E-state index contributed by atoms with van der Waals surface area (Å²) < 4.78 is 93.0. The fraction of sp³-hybridized carbons (Fsp3) is 0.350. The molecule has 3 nitrogen and oxygen atoms in total. The predicted octanol–water partition coefficient (Wildman–Crippen LogP) is 6.21. The molecule has 0 atom stereocenters. The summed E-state index contributed by atoms with van der Waals surface area (Å²) in [7, 11) is 0. The van der Waals surface area contributed by atoms with Gasteiger partial charge in [-0.2, -0.15) is 26.3 Å². The highest BCUT2D eigenvalue weighted by Gasteiger charge is 2.73. The number of rotatable bonds is 5. The second-order valence-electron chi connectivity index (χ2n) is 6.80. The van der Waals surface area contributed by atoms with Gasteiger partial charge in [-0.1, -0.05) is 30.7 Å². The Morgan fingerprint density at radius 1 is 1.00 bits per heavy atom. The van der Waals surface area contributed by atoms with E-state index in [-0.39, 0.29) is 40.4 Å². The highest BCUT2D eigenvalue weighted by molar-refractivity contribution is 6.31. The van der Waals surface area contributed by atoms with Gasteiger partial charge in [0.2, 0.25) is 0 Å². The van der Waals surface area contributed by atoms with Crippen LogP contribution in [0.15, 0.2) is 30.3 Å². The molecule has 1 amide bonds. The molecule has 0 bridgehead atoms. The molecule has 0 spiro atoms. The summed E-state index contributed by atoms with van der Waals surface area (Å²) in [5.41, 5.74) is -1.26. The Hall–Kier alpha value is -2.33. The molecular weight excluding hydrogens is 453 g/mol. The number of nitrogens with one attached hydrogen (secondary N) is 1. The molecule has 0 unspecified atom stereocenters. The average Bonchev–Trinajstić information content (AvgIpc) is 2.66. The van der Waals surface area contributed by atoms with Crippen LogP contribution in [0.4, 0.5) is 36.4 Å². The zero-order valence-corrected chi connectivity index (χ0v) is 17.1. The van der Waals surface area contributed by atoms with Gasteiger partial charge in [0.25, 0.3) is 5.91 Å². The van der Waals surface area contributed by atoms with E-state index in [0.717, 1.165) is 0 Å². The summed E-state index contributed by atoms with van der Waals surface area (Å²) in [6, 6.07) is 5.15. The van der Waals surface area contributed by atoms with Crippen LogP contribution in [0, 0.1) is 6.92 Å². The van der Waals surface area contributed by atoms with Gasteiger partial charge in [-0.25, -0.2) is 4.39 Å². The lowest BCUT2D eigenvalue weighted by Crippen LogP contribution is -2.50. The Morgan fingerprint density at radius 2 is 1.58 bits per heavy atom. The number of nitrogens with two attached hydrogens (primary N) is 1. The summed E-state index contributed by atoms with van der Waals surface area (Å²) in [5.74, 6) is -0.700. The van der Waals surface area contributed by atoms with E-state index in [1.54, 1.807) is 0 Å². The van der Waals surface area contributed by atoms with Crippen molar-refractivity contribution in [1.82, 2.24) is 0 Å². The Labute approximate surface area is 178 Å². The van der Waals surface area contributed by atoms with Crippen LogP contribution in [-0.2, 0) is 18.6 Å². The molecule has 11 heteroatoms. The molecule has 2 aromatic rings. The number of alkyl halides is 7. The predicted molar refractivity (Wildman–Crippen MR) is 103 cm³/mol. The first kappa shape index (κ1) is 24.9. The fourth-order valence-corrected chi connectivity index (χ4v) is 3.30. The number of benzene rings is 2. The molecule has 0 saturated carbocycles. The molecule has 3 N–H and O–H groups in total. The minimum absolute atomic E-state index is 0.0121. The van der Waals surface area contributed by atoms with Gasteiger partial charge in [0.1, 0.15) is 0 Å². The fourth-order valence-electron chi connectivity index (χ4n) is 3.04. The minimum Gasteiger partial charge on any atom is -0.326 e. The van der Waals surface area contributed by atoms with Crippen LogP contribution in [0.5, 0.6) is 0 Å². The number of hydrogen-bond acceptors (Lipinski definition) is 2. The molecule has 31 heavy (non-hydrogen) atoms. The second-order valence-corrected chi connectivity index (χ2v) is 7.21. The van der Waals surface area contributed by atoms with E-state index in [4.69, 9.17) is 17.3 Å². The molecule has 0 aliphatic rings. The largest absolute Gasteiger partial charge is 0.435 e. The summed E-state index contributed by atoms with van der Waals surface area (Å²) >= 11 is 6.01. The third-order valence-corrected chi connectivity index (χ3v) is 5.10. The number of halogens is 8. The number of carbonyl (C=O) groups is 1. The second kappa shape index (κ2) is 8.66. The third kappa shape index (κ3) is 4.64. The SMILES string of the molecule is CCc1cc(C(F)(C(F)(F)F)C(F)(F)F)cc(C)c1NC(=O)c1ccc(CN)c(Cl)c1. The zero-order chi connectivity index (χ0) is 23.8. The van der Waals surface area contributed by atoms with Crippen LogP contribution in [0.25, 0.3) is 0 Å². The van der Waals surface area contributed by atoms with Crippen LogP contribution in [0.1, 0.15) is 39.5 Å². The van der Waals surface area contributed by atoms with Crippen LogP contribution < -0.4 is 11.1 Å². The molecule has 0 fully saturated rings. The number of aryl methyl sites for hydroxylation is 2. The van der Waals surface area contributed by atoms with E-state index in [1.807, 2.05) is 0 Å². The van der Waals surface area contributed by atoms with Crippen LogP contribution in [0.2, 0.25) is 5.02 Å². The van der Waals surface area contributed by atoms with Gasteiger partial charge in [-0.3, -0.25) is 4.79 Å². The van der Waals surface area contributed by atoms with Gasteiger partial charge in [-0.05, 0) is 48.2 Å². The van der Waals surface area contributed by atoms with Crippen molar-refractivity contribution in [3.8, 4) is 0 Å². The van der Waals surface area contributed by atoms with E-state index < -0.39 is 29.5 Å². The van der Waals surface area contributed by atoms with Crippen LogP contribution >= 0.6 is 11.6 Å². The maximum Gasteiger partial charge on any atom is 0.435 e. The van der Waals surface area contributed by atoms with E-state index in [9.17, 15) is 35.5 Å². The van der Waals surface area contributed by atoms with Crippen molar-refractivity contribution < 1.29 is 35.5 Å². The van der Waals surface area contributed by atoms with Crippen molar-refractivity contribution in [2.75, 3.05) is 5.32 Å². The van der Waals surface area contributed by atoms with Crippen molar-refractivity contribution in [3.63, 3.8) is 0 Å². The number of hydrogen-bond donors (Lipinski definition) is 2. The molecule has 0 radical (unpaired) electrons. The molecule has 0 aliphatic carbocycles. The van der Waals surface area contributed by atoms with E-state index in [0.29, 0.717) is 17.7 Å². The smallest absolute Gasteiger partial charge is 0.326 e. The van der Waals surface area contributed by atoms with Crippen molar-refractivity contribution in [2.45, 2.75) is 44.8 Å². The Kier molecular flexibility index (Phi) is 6.97. The first-order chi connectivity index (χ1) is 14.2. The summed E-state index contributed by atoms with van der Waals surface area (Å²) in [6.45, 7) is 2.75. The van der Waals surface area contributed by atoms with Crippen molar-refractivity contribution >= 4 is 23.2 Å². The summed E-state index contributed by atoms with van der Waals surface area (Å²) in [6.07, 6.45) is -12.5. The number of amides is 1. The number of carbonyl (C=O) groups excluding carboxylic acids is 1. The molecule has 2 rings (SSSR count). The molecule has 0 aliphatic heterocycles. The van der Waals surface area contributed by atoms with Crippen molar-refractivity contribution in [2.24, 2.45) is 5.73 Å². The molecule has 170 valence electrons. The highest BCUT2D eigenvalue weighted by Crippen LogP contribution is 2.53. The molecule has 0 saturated heterocycles. The number of anilines is 1. The summed E-state index contributed by atoms with van der Waals surface area (Å²) in [5, 5.41) is 2.67. The lowest BCUT2D eigenvalue weighted by Gasteiger charge is -2.31. The van der Waals surface area contributed by atoms with E-state index >= 15 is 0 Å². The topological polar surface area (TPSA) is 55.1 Å². The first-order valence-electron chi connectivity index (χ1n) is 8.93. The molecule has 0 heterocycles. The Balaban J connectivity index is 2.53. The zero-order valence-electron chi connectivity index (χ0n) is 16.3. The van der Waals surface area contributed by atoms with Gasteiger partial charge >= 0.3 is 18.0 Å². The monoisotopic (exact) mass is 470 g/mol. The van der Waals surface area contributed by atoms with E-state index in [1.165, 1.54) is 32.0 Å². The van der Waals surface area contributed by atoms with Gasteiger partial charge in [0.05, 0.1) is 0 Å². The van der Waals surface area contributed by atoms with Crippen LogP contribution in [-0.4, -0.2) is 18.3 Å².